The average molecular weight is 449 g/mol. The molecule has 2 aliphatic rings. The van der Waals surface area contributed by atoms with E-state index in [4.69, 9.17) is 16.6 Å². The molecule has 0 spiro atoms. The SMILES string of the molecule is Clc1cnc(N2CCN(c3nccs3)CC2)nc1N1CCN(c2nccs2)CC1. The summed E-state index contributed by atoms with van der Waals surface area (Å²) in [5, 5.41) is 6.81. The summed E-state index contributed by atoms with van der Waals surface area (Å²) >= 11 is 9.83. The molecule has 0 bridgehead atoms. The summed E-state index contributed by atoms with van der Waals surface area (Å²) in [6, 6.07) is 0. The van der Waals surface area contributed by atoms with Crippen molar-refractivity contribution in [3.8, 4) is 0 Å². The summed E-state index contributed by atoms with van der Waals surface area (Å²) in [5.41, 5.74) is 0. The number of halogens is 1. The van der Waals surface area contributed by atoms with E-state index in [0.717, 1.165) is 74.4 Å². The quantitative estimate of drug-likeness (QED) is 0.603. The lowest BCUT2D eigenvalue weighted by Crippen LogP contribution is -2.48. The van der Waals surface area contributed by atoms with Gasteiger partial charge in [0.15, 0.2) is 16.1 Å². The standard InChI is InChI=1S/C18H21ClN8S2/c19-14-13-22-16(25-5-9-27(10-6-25)18-21-2-12-29-18)23-15(14)24-3-7-26(8-4-24)17-20-1-11-28-17/h1-2,11-13H,3-10H2. The van der Waals surface area contributed by atoms with Gasteiger partial charge in [-0.2, -0.15) is 4.98 Å². The number of thiazole rings is 2. The molecule has 11 heteroatoms. The second-order valence-electron chi connectivity index (χ2n) is 6.92. The van der Waals surface area contributed by atoms with Gasteiger partial charge in [0.05, 0.1) is 6.20 Å². The van der Waals surface area contributed by atoms with Crippen molar-refractivity contribution in [2.45, 2.75) is 0 Å². The fourth-order valence-electron chi connectivity index (χ4n) is 3.67. The first kappa shape index (κ1) is 18.8. The third-order valence-electron chi connectivity index (χ3n) is 5.23. The van der Waals surface area contributed by atoms with Crippen molar-refractivity contribution >= 4 is 56.3 Å². The first-order valence-corrected chi connectivity index (χ1v) is 11.7. The van der Waals surface area contributed by atoms with E-state index in [1.54, 1.807) is 28.9 Å². The third kappa shape index (κ3) is 3.96. The number of anilines is 4. The molecule has 0 atom stereocenters. The van der Waals surface area contributed by atoms with Crippen LogP contribution in [0.25, 0.3) is 0 Å². The lowest BCUT2D eigenvalue weighted by atomic mass is 10.3. The third-order valence-corrected chi connectivity index (χ3v) is 7.17. The largest absolute Gasteiger partial charge is 0.352 e. The van der Waals surface area contributed by atoms with E-state index in [9.17, 15) is 0 Å². The van der Waals surface area contributed by atoms with Crippen LogP contribution in [0, 0.1) is 0 Å². The fourth-order valence-corrected chi connectivity index (χ4v) is 5.28. The van der Waals surface area contributed by atoms with E-state index in [1.807, 2.05) is 23.2 Å². The Labute approximate surface area is 182 Å². The van der Waals surface area contributed by atoms with E-state index >= 15 is 0 Å². The zero-order valence-corrected chi connectivity index (χ0v) is 18.2. The lowest BCUT2D eigenvalue weighted by molar-refractivity contribution is 0.629. The van der Waals surface area contributed by atoms with Gasteiger partial charge in [0.2, 0.25) is 5.95 Å². The Kier molecular flexibility index (Phi) is 5.38. The maximum absolute atomic E-state index is 6.47. The van der Waals surface area contributed by atoms with Gasteiger partial charge in [-0.1, -0.05) is 11.6 Å². The smallest absolute Gasteiger partial charge is 0.227 e. The number of hydrogen-bond acceptors (Lipinski definition) is 10. The molecule has 29 heavy (non-hydrogen) atoms. The van der Waals surface area contributed by atoms with Gasteiger partial charge in [0.1, 0.15) is 5.02 Å². The van der Waals surface area contributed by atoms with Gasteiger partial charge >= 0.3 is 0 Å². The second kappa shape index (κ2) is 8.29. The van der Waals surface area contributed by atoms with Crippen LogP contribution < -0.4 is 19.6 Å². The van der Waals surface area contributed by atoms with Crippen LogP contribution in [0.5, 0.6) is 0 Å². The zero-order valence-electron chi connectivity index (χ0n) is 15.8. The molecule has 2 aliphatic heterocycles. The summed E-state index contributed by atoms with van der Waals surface area (Å²) in [6.45, 7) is 7.14. The Bertz CT molecular complexity index is 920. The fraction of sp³-hybridized carbons (Fsp3) is 0.444. The predicted octanol–water partition coefficient (Wildman–Crippen LogP) is 2.70. The van der Waals surface area contributed by atoms with Crippen molar-refractivity contribution in [3.05, 3.63) is 34.4 Å². The zero-order chi connectivity index (χ0) is 19.6. The molecule has 2 fully saturated rings. The Morgan fingerprint density at radius 1 is 0.690 bits per heavy atom. The van der Waals surface area contributed by atoms with Crippen LogP contribution >= 0.6 is 34.3 Å². The van der Waals surface area contributed by atoms with E-state index < -0.39 is 0 Å². The van der Waals surface area contributed by atoms with Crippen LogP contribution in [-0.4, -0.2) is 72.3 Å². The average Bonchev–Trinajstić information content (AvgIpc) is 3.49. The second-order valence-corrected chi connectivity index (χ2v) is 9.07. The van der Waals surface area contributed by atoms with Crippen LogP contribution in [0.15, 0.2) is 29.4 Å². The molecule has 8 nitrogen and oxygen atoms in total. The van der Waals surface area contributed by atoms with Crippen molar-refractivity contribution in [1.82, 2.24) is 19.9 Å². The summed E-state index contributed by atoms with van der Waals surface area (Å²) in [4.78, 5) is 27.3. The molecule has 152 valence electrons. The molecule has 3 aromatic rings. The molecule has 0 saturated carbocycles. The van der Waals surface area contributed by atoms with Crippen molar-refractivity contribution in [2.75, 3.05) is 72.0 Å². The van der Waals surface area contributed by atoms with Crippen LogP contribution in [-0.2, 0) is 0 Å². The number of hydrogen-bond donors (Lipinski definition) is 0. The van der Waals surface area contributed by atoms with Gasteiger partial charge in [-0.3, -0.25) is 0 Å². The molecule has 3 aromatic heterocycles. The Hall–Kier alpha value is -2.17. The maximum Gasteiger partial charge on any atom is 0.227 e. The first-order chi connectivity index (χ1) is 14.3. The Morgan fingerprint density at radius 2 is 1.21 bits per heavy atom. The molecule has 5 rings (SSSR count). The van der Waals surface area contributed by atoms with Gasteiger partial charge in [0.25, 0.3) is 0 Å². The van der Waals surface area contributed by atoms with E-state index in [-0.39, 0.29) is 0 Å². The predicted molar refractivity (Wildman–Crippen MR) is 120 cm³/mol. The Morgan fingerprint density at radius 3 is 1.72 bits per heavy atom. The number of nitrogens with zero attached hydrogens (tertiary/aromatic N) is 8. The van der Waals surface area contributed by atoms with Gasteiger partial charge < -0.3 is 19.6 Å². The van der Waals surface area contributed by atoms with E-state index in [0.29, 0.717) is 5.02 Å². The van der Waals surface area contributed by atoms with Crippen molar-refractivity contribution in [3.63, 3.8) is 0 Å². The lowest BCUT2D eigenvalue weighted by Gasteiger charge is -2.37. The van der Waals surface area contributed by atoms with Crippen LogP contribution in [0.4, 0.5) is 22.0 Å². The summed E-state index contributed by atoms with van der Waals surface area (Å²) in [6.07, 6.45) is 5.45. The minimum Gasteiger partial charge on any atom is -0.352 e. The van der Waals surface area contributed by atoms with Crippen LogP contribution in [0.2, 0.25) is 5.02 Å². The van der Waals surface area contributed by atoms with Gasteiger partial charge in [0, 0.05) is 75.5 Å². The highest BCUT2D eigenvalue weighted by molar-refractivity contribution is 7.13. The van der Waals surface area contributed by atoms with Crippen molar-refractivity contribution in [2.24, 2.45) is 0 Å². The monoisotopic (exact) mass is 448 g/mol. The van der Waals surface area contributed by atoms with Crippen LogP contribution in [0.1, 0.15) is 0 Å². The molecule has 0 unspecified atom stereocenters. The normalized spacial score (nSPS) is 17.8. The topological polar surface area (TPSA) is 64.5 Å². The highest BCUT2D eigenvalue weighted by atomic mass is 35.5. The van der Waals surface area contributed by atoms with E-state index in [2.05, 4.69) is 34.6 Å². The molecule has 0 aliphatic carbocycles. The number of aromatic nitrogens is 4. The minimum atomic E-state index is 0.609. The van der Waals surface area contributed by atoms with E-state index in [1.165, 1.54) is 0 Å². The molecule has 0 radical (unpaired) electrons. The van der Waals surface area contributed by atoms with Crippen molar-refractivity contribution in [1.29, 1.82) is 0 Å². The van der Waals surface area contributed by atoms with Gasteiger partial charge in [-0.15, -0.1) is 22.7 Å². The van der Waals surface area contributed by atoms with Crippen molar-refractivity contribution < 1.29 is 0 Å². The summed E-state index contributed by atoms with van der Waals surface area (Å²) in [7, 11) is 0. The first-order valence-electron chi connectivity index (χ1n) is 9.59. The molecule has 0 aromatic carbocycles. The summed E-state index contributed by atoms with van der Waals surface area (Å²) in [5.74, 6) is 1.59. The van der Waals surface area contributed by atoms with Gasteiger partial charge in [-0.05, 0) is 0 Å². The molecule has 2 saturated heterocycles. The number of rotatable bonds is 4. The molecule has 0 amide bonds. The highest BCUT2D eigenvalue weighted by Crippen LogP contribution is 2.28. The Balaban J connectivity index is 1.25. The molecule has 5 heterocycles. The molecule has 0 N–H and O–H groups in total. The number of piperazine rings is 2. The molecular weight excluding hydrogens is 428 g/mol. The highest BCUT2D eigenvalue weighted by Gasteiger charge is 2.25. The molecular formula is C18H21ClN8S2. The minimum absolute atomic E-state index is 0.609. The van der Waals surface area contributed by atoms with Crippen LogP contribution in [0.3, 0.4) is 0 Å². The summed E-state index contributed by atoms with van der Waals surface area (Å²) < 4.78 is 0. The maximum atomic E-state index is 6.47. The van der Waals surface area contributed by atoms with Gasteiger partial charge in [-0.25, -0.2) is 15.0 Å².